The van der Waals surface area contributed by atoms with Crippen LogP contribution in [0.3, 0.4) is 0 Å². The van der Waals surface area contributed by atoms with Crippen LogP contribution in [0.5, 0.6) is 17.2 Å². The molecule has 200 valence electrons. The molecule has 0 unspecified atom stereocenters. The number of amides is 1. The number of aryl methyl sites for hydroxylation is 2. The van der Waals surface area contributed by atoms with Gasteiger partial charge in [0.25, 0.3) is 5.91 Å². The largest absolute Gasteiger partial charge is 0.490 e. The van der Waals surface area contributed by atoms with Crippen LogP contribution >= 0.6 is 11.8 Å². The van der Waals surface area contributed by atoms with Crippen LogP contribution in [0.2, 0.25) is 0 Å². The number of aliphatic imine (C=N–C) groups is 1. The van der Waals surface area contributed by atoms with Gasteiger partial charge in [0.1, 0.15) is 19.0 Å². The molecule has 12 heteroatoms. The number of carbonyl (C=O) groups excluding carboxylic acids is 1. The van der Waals surface area contributed by atoms with Crippen molar-refractivity contribution in [3.63, 3.8) is 0 Å². The Kier molecular flexibility index (Phi) is 8.10. The topological polar surface area (TPSA) is 96.6 Å². The van der Waals surface area contributed by atoms with E-state index in [0.29, 0.717) is 35.3 Å². The predicted octanol–water partition coefficient (Wildman–Crippen LogP) is 5.60. The van der Waals surface area contributed by atoms with E-state index in [1.807, 2.05) is 19.1 Å². The molecule has 0 saturated heterocycles. The predicted molar refractivity (Wildman–Crippen MR) is 140 cm³/mol. The fraction of sp³-hybridized carbons (Fsp3) is 0.308. The second kappa shape index (κ2) is 11.3. The second-order valence-corrected chi connectivity index (χ2v) is 9.22. The lowest BCUT2D eigenvalue weighted by Gasteiger charge is -2.20. The number of alkyl halides is 3. The fourth-order valence-electron chi connectivity index (χ4n) is 3.70. The summed E-state index contributed by atoms with van der Waals surface area (Å²) in [5.41, 5.74) is 2.58. The van der Waals surface area contributed by atoms with Crippen molar-refractivity contribution >= 4 is 39.8 Å². The zero-order chi connectivity index (χ0) is 27.4. The summed E-state index contributed by atoms with van der Waals surface area (Å²) in [6.07, 6.45) is -2.44. The molecule has 4 rings (SSSR count). The normalized spacial score (nSPS) is 16.4. The third-order valence-corrected chi connectivity index (χ3v) is 6.36. The van der Waals surface area contributed by atoms with E-state index in [2.05, 4.69) is 23.1 Å². The quantitative estimate of drug-likeness (QED) is 0.325. The minimum Gasteiger partial charge on any atom is -0.490 e. The molecule has 1 N–H and O–H groups in total. The van der Waals surface area contributed by atoms with Gasteiger partial charge in [0.15, 0.2) is 17.3 Å². The zero-order valence-corrected chi connectivity index (χ0v) is 21.7. The van der Waals surface area contributed by atoms with Gasteiger partial charge in [0.2, 0.25) is 10.2 Å². The SMILES string of the molecule is CCOc1cc(/C=C2/C(=N)N3N=C(C(F)(F)F)SC3=NC2=O)ccc1OCCOc1cc(C)cc(CC)c1. The summed E-state index contributed by atoms with van der Waals surface area (Å²) in [6.45, 7) is 6.81. The number of hydrogen-bond donors (Lipinski definition) is 1. The van der Waals surface area contributed by atoms with Crippen LogP contribution in [-0.2, 0) is 11.2 Å². The van der Waals surface area contributed by atoms with Crippen molar-refractivity contribution in [1.82, 2.24) is 5.01 Å². The van der Waals surface area contributed by atoms with Gasteiger partial charge in [-0.3, -0.25) is 10.2 Å². The Labute approximate surface area is 221 Å². The number of carbonyl (C=O) groups is 1. The Morgan fingerprint density at radius 1 is 1.05 bits per heavy atom. The van der Waals surface area contributed by atoms with Crippen LogP contribution in [0.15, 0.2) is 52.1 Å². The fourth-order valence-corrected chi connectivity index (χ4v) is 4.46. The number of nitrogens with zero attached hydrogens (tertiary/aromatic N) is 3. The van der Waals surface area contributed by atoms with Gasteiger partial charge in [-0.1, -0.05) is 19.1 Å². The van der Waals surface area contributed by atoms with Gasteiger partial charge in [0.05, 0.1) is 12.2 Å². The third kappa shape index (κ3) is 6.18. The van der Waals surface area contributed by atoms with Gasteiger partial charge in [0, 0.05) is 0 Å². The number of nitrogens with one attached hydrogen (secondary N) is 1. The van der Waals surface area contributed by atoms with Crippen molar-refractivity contribution in [3.8, 4) is 17.2 Å². The van der Waals surface area contributed by atoms with Crippen molar-refractivity contribution in [1.29, 1.82) is 5.41 Å². The van der Waals surface area contributed by atoms with Crippen LogP contribution in [0.1, 0.15) is 30.5 Å². The van der Waals surface area contributed by atoms with E-state index in [0.717, 1.165) is 17.7 Å². The molecule has 0 saturated carbocycles. The van der Waals surface area contributed by atoms with Gasteiger partial charge in [-0.2, -0.15) is 28.3 Å². The third-order valence-electron chi connectivity index (χ3n) is 5.40. The summed E-state index contributed by atoms with van der Waals surface area (Å²) < 4.78 is 56.4. The lowest BCUT2D eigenvalue weighted by Crippen LogP contribution is -2.35. The van der Waals surface area contributed by atoms with Crippen molar-refractivity contribution in [2.45, 2.75) is 33.4 Å². The molecule has 2 aromatic rings. The highest BCUT2D eigenvalue weighted by atomic mass is 32.2. The monoisotopic (exact) mass is 546 g/mol. The summed E-state index contributed by atoms with van der Waals surface area (Å²) in [5.74, 6) is 0.302. The number of hydrogen-bond acceptors (Lipinski definition) is 7. The van der Waals surface area contributed by atoms with E-state index >= 15 is 0 Å². The van der Waals surface area contributed by atoms with Crippen molar-refractivity contribution in [3.05, 3.63) is 58.7 Å². The van der Waals surface area contributed by atoms with E-state index in [4.69, 9.17) is 19.6 Å². The Hall–Kier alpha value is -3.80. The first-order chi connectivity index (χ1) is 18.1. The van der Waals surface area contributed by atoms with Crippen LogP contribution < -0.4 is 14.2 Å². The molecule has 38 heavy (non-hydrogen) atoms. The highest BCUT2D eigenvalue weighted by molar-refractivity contribution is 8.27. The molecule has 2 aromatic carbocycles. The Balaban J connectivity index is 1.47. The molecule has 8 nitrogen and oxygen atoms in total. The van der Waals surface area contributed by atoms with Gasteiger partial charge < -0.3 is 14.2 Å². The summed E-state index contributed by atoms with van der Waals surface area (Å²) in [6, 6.07) is 11.0. The van der Waals surface area contributed by atoms with Crippen molar-refractivity contribution in [2.24, 2.45) is 10.1 Å². The van der Waals surface area contributed by atoms with E-state index in [1.165, 1.54) is 11.6 Å². The number of ether oxygens (including phenoxy) is 3. The first-order valence-electron chi connectivity index (χ1n) is 11.8. The van der Waals surface area contributed by atoms with Crippen LogP contribution in [0.4, 0.5) is 13.2 Å². The van der Waals surface area contributed by atoms with Gasteiger partial charge in [-0.25, -0.2) is 0 Å². The number of rotatable bonds is 9. The molecule has 0 atom stereocenters. The molecular formula is C26H25F3N4O4S. The summed E-state index contributed by atoms with van der Waals surface area (Å²) in [7, 11) is 0. The Morgan fingerprint density at radius 2 is 1.82 bits per heavy atom. The number of halogens is 3. The van der Waals surface area contributed by atoms with E-state index in [-0.39, 0.29) is 29.1 Å². The van der Waals surface area contributed by atoms with Crippen molar-refractivity contribution < 1.29 is 32.2 Å². The first kappa shape index (κ1) is 27.2. The molecule has 0 fully saturated rings. The minimum atomic E-state index is -4.70. The highest BCUT2D eigenvalue weighted by Gasteiger charge is 2.46. The minimum absolute atomic E-state index is 0.198. The average molecular weight is 547 g/mol. The van der Waals surface area contributed by atoms with Crippen LogP contribution in [0.25, 0.3) is 6.08 Å². The van der Waals surface area contributed by atoms with E-state index in [9.17, 15) is 18.0 Å². The lowest BCUT2D eigenvalue weighted by atomic mass is 10.1. The molecule has 0 radical (unpaired) electrons. The molecule has 0 aromatic heterocycles. The maximum Gasteiger partial charge on any atom is 0.441 e. The lowest BCUT2D eigenvalue weighted by molar-refractivity contribution is -0.114. The van der Waals surface area contributed by atoms with Crippen LogP contribution in [0, 0.1) is 12.3 Å². The Morgan fingerprint density at radius 3 is 2.53 bits per heavy atom. The van der Waals surface area contributed by atoms with Gasteiger partial charge in [-0.15, -0.1) is 0 Å². The molecule has 2 heterocycles. The van der Waals surface area contributed by atoms with Gasteiger partial charge >= 0.3 is 6.18 Å². The number of hydrazone groups is 1. The van der Waals surface area contributed by atoms with E-state index < -0.39 is 23.0 Å². The highest BCUT2D eigenvalue weighted by Crippen LogP contribution is 2.36. The van der Waals surface area contributed by atoms with Gasteiger partial charge in [-0.05, 0) is 79.1 Å². The molecule has 2 aliphatic rings. The Bertz CT molecular complexity index is 1350. The molecule has 0 spiro atoms. The number of thioether (sulfide) groups is 1. The summed E-state index contributed by atoms with van der Waals surface area (Å²) in [4.78, 5) is 16.2. The molecule has 0 bridgehead atoms. The number of fused-ring (bicyclic) bond motifs is 1. The molecule has 0 aliphatic carbocycles. The maximum atomic E-state index is 13.0. The number of benzene rings is 2. The first-order valence-corrected chi connectivity index (χ1v) is 12.6. The zero-order valence-electron chi connectivity index (χ0n) is 20.9. The standard InChI is InChI=1S/C26H25F3N4O4S/c1-4-16-10-15(3)11-18(12-16)36-8-9-37-20-7-6-17(14-21(20)35-5-2)13-19-22(30)33-25(31-23(19)34)38-24(32-33)26(27,28)29/h6-7,10-14,30H,4-5,8-9H2,1-3H3/b19-13-,30-22?. The number of amidine groups is 2. The molecule has 2 aliphatic heterocycles. The van der Waals surface area contributed by atoms with Crippen molar-refractivity contribution in [2.75, 3.05) is 19.8 Å². The van der Waals surface area contributed by atoms with Crippen LogP contribution in [-0.4, -0.2) is 53.0 Å². The summed E-state index contributed by atoms with van der Waals surface area (Å²) in [5, 5.41) is 10.9. The molecular weight excluding hydrogens is 521 g/mol. The molecule has 1 amide bonds. The second-order valence-electron chi connectivity index (χ2n) is 8.27. The average Bonchev–Trinajstić information content (AvgIpc) is 3.30. The maximum absolute atomic E-state index is 13.0. The smallest absolute Gasteiger partial charge is 0.441 e. The van der Waals surface area contributed by atoms with E-state index in [1.54, 1.807) is 25.1 Å². The summed E-state index contributed by atoms with van der Waals surface area (Å²) >= 11 is 0.204.